The summed E-state index contributed by atoms with van der Waals surface area (Å²) in [6, 6.07) is 0. The minimum Gasteiger partial charge on any atom is -0.241 e. The molecular formula is C11H17N3. The first-order valence-electron chi connectivity index (χ1n) is 5.04. The monoisotopic (exact) mass is 191 g/mol. The molecule has 14 heavy (non-hydrogen) atoms. The van der Waals surface area contributed by atoms with Crippen LogP contribution in [0.5, 0.6) is 0 Å². The molecule has 0 aliphatic carbocycles. The Hall–Kier alpha value is -1.38. The third kappa shape index (κ3) is 2.10. The fourth-order valence-electron chi connectivity index (χ4n) is 1.17. The van der Waals surface area contributed by atoms with Crippen molar-refractivity contribution in [2.45, 2.75) is 27.7 Å². The molecule has 1 unspecified atom stereocenters. The molecule has 0 amide bonds. The Balaban J connectivity index is 0.000000461. The number of hydrogen-bond donors (Lipinski definition) is 0. The lowest BCUT2D eigenvalue weighted by Crippen LogP contribution is -1.87. The van der Waals surface area contributed by atoms with Gasteiger partial charge in [0.1, 0.15) is 0 Å². The van der Waals surface area contributed by atoms with E-state index in [-0.39, 0.29) is 0 Å². The fraction of sp³-hybridized carbons (Fsp3) is 0.455. The first kappa shape index (κ1) is 10.7. The zero-order valence-electron chi connectivity index (χ0n) is 9.23. The molecule has 0 fully saturated rings. The van der Waals surface area contributed by atoms with Crippen LogP contribution in [-0.2, 0) is 0 Å². The van der Waals surface area contributed by atoms with E-state index >= 15 is 0 Å². The number of fused-ring (bicyclic) bond motifs is 1. The second kappa shape index (κ2) is 4.74. The van der Waals surface area contributed by atoms with Gasteiger partial charge in [-0.05, 0) is 6.92 Å². The first-order valence-corrected chi connectivity index (χ1v) is 5.04. The summed E-state index contributed by atoms with van der Waals surface area (Å²) in [5.41, 5.74) is 1.12. The highest BCUT2D eigenvalue weighted by Gasteiger charge is 2.06. The fourth-order valence-corrected chi connectivity index (χ4v) is 1.17. The van der Waals surface area contributed by atoms with Gasteiger partial charge in [0.2, 0.25) is 0 Å². The summed E-state index contributed by atoms with van der Waals surface area (Å²) in [4.78, 5) is 4.34. The van der Waals surface area contributed by atoms with Crippen LogP contribution in [0.15, 0.2) is 17.3 Å². The molecule has 1 aliphatic rings. The summed E-state index contributed by atoms with van der Waals surface area (Å²) in [6.45, 7) is 8.11. The Morgan fingerprint density at radius 2 is 2.07 bits per heavy atom. The van der Waals surface area contributed by atoms with E-state index in [1.54, 1.807) is 4.68 Å². The maximum Gasteiger partial charge on any atom is 0.157 e. The van der Waals surface area contributed by atoms with Crippen LogP contribution in [0.1, 0.15) is 26.3 Å². The molecule has 0 spiro atoms. The standard InChI is InChI=1S/C9H11N3.C2H6/c1-7-3-4-12-9(10-5-7)8(2)6-11-12;1-2/h3-7H,1-2H3;1-2H3. The van der Waals surface area contributed by atoms with E-state index in [1.807, 2.05) is 39.4 Å². The van der Waals surface area contributed by atoms with Crippen LogP contribution in [-0.4, -0.2) is 16.0 Å². The van der Waals surface area contributed by atoms with Crippen molar-refractivity contribution in [1.29, 1.82) is 0 Å². The van der Waals surface area contributed by atoms with E-state index in [0.717, 1.165) is 11.4 Å². The molecule has 2 rings (SSSR count). The molecule has 0 saturated heterocycles. The molecule has 76 valence electrons. The van der Waals surface area contributed by atoms with Gasteiger partial charge in [0, 0.05) is 23.9 Å². The second-order valence-electron chi connectivity index (χ2n) is 3.07. The Morgan fingerprint density at radius 3 is 2.79 bits per heavy atom. The maximum absolute atomic E-state index is 4.34. The van der Waals surface area contributed by atoms with Gasteiger partial charge in [0.25, 0.3) is 0 Å². The van der Waals surface area contributed by atoms with Crippen molar-refractivity contribution in [3.63, 3.8) is 0 Å². The number of aromatic nitrogens is 2. The molecule has 2 heterocycles. The third-order valence-corrected chi connectivity index (χ3v) is 1.91. The van der Waals surface area contributed by atoms with E-state index < -0.39 is 0 Å². The summed E-state index contributed by atoms with van der Waals surface area (Å²) in [6.07, 6.45) is 7.80. The van der Waals surface area contributed by atoms with Crippen LogP contribution in [0.4, 0.5) is 5.82 Å². The van der Waals surface area contributed by atoms with E-state index in [1.165, 1.54) is 0 Å². The van der Waals surface area contributed by atoms with Gasteiger partial charge in [0.15, 0.2) is 5.82 Å². The highest BCUT2D eigenvalue weighted by atomic mass is 15.3. The van der Waals surface area contributed by atoms with E-state index in [2.05, 4.69) is 23.1 Å². The molecule has 1 aromatic heterocycles. The Morgan fingerprint density at radius 1 is 1.36 bits per heavy atom. The predicted molar refractivity (Wildman–Crippen MR) is 61.0 cm³/mol. The molecule has 1 aliphatic heterocycles. The van der Waals surface area contributed by atoms with Gasteiger partial charge < -0.3 is 0 Å². The van der Waals surface area contributed by atoms with Crippen molar-refractivity contribution in [2.75, 3.05) is 0 Å². The van der Waals surface area contributed by atoms with Crippen molar-refractivity contribution in [3.8, 4) is 0 Å². The van der Waals surface area contributed by atoms with Crippen molar-refractivity contribution in [3.05, 3.63) is 17.8 Å². The van der Waals surface area contributed by atoms with Gasteiger partial charge in [-0.25, -0.2) is 9.67 Å². The number of aryl methyl sites for hydroxylation is 1. The Kier molecular flexibility index (Phi) is 3.63. The average Bonchev–Trinajstić information content (AvgIpc) is 2.45. The van der Waals surface area contributed by atoms with Gasteiger partial charge in [-0.15, -0.1) is 0 Å². The van der Waals surface area contributed by atoms with Crippen molar-refractivity contribution >= 4 is 18.2 Å². The van der Waals surface area contributed by atoms with Crippen molar-refractivity contribution in [1.82, 2.24) is 9.78 Å². The summed E-state index contributed by atoms with van der Waals surface area (Å²) in [5, 5.41) is 4.17. The highest BCUT2D eigenvalue weighted by molar-refractivity contribution is 5.70. The molecule has 3 nitrogen and oxygen atoms in total. The van der Waals surface area contributed by atoms with E-state index in [0.29, 0.717) is 5.92 Å². The minimum atomic E-state index is 0.395. The third-order valence-electron chi connectivity index (χ3n) is 1.91. The summed E-state index contributed by atoms with van der Waals surface area (Å²) in [5.74, 6) is 1.33. The highest BCUT2D eigenvalue weighted by Crippen LogP contribution is 2.20. The Labute approximate surface area is 85.2 Å². The largest absolute Gasteiger partial charge is 0.241 e. The van der Waals surface area contributed by atoms with Gasteiger partial charge in [-0.3, -0.25) is 0 Å². The second-order valence-corrected chi connectivity index (χ2v) is 3.07. The Bertz CT molecular complexity index is 347. The number of hydrogen-bond acceptors (Lipinski definition) is 2. The van der Waals surface area contributed by atoms with E-state index in [4.69, 9.17) is 0 Å². The summed E-state index contributed by atoms with van der Waals surface area (Å²) in [7, 11) is 0. The molecular weight excluding hydrogens is 174 g/mol. The van der Waals surface area contributed by atoms with Crippen molar-refractivity contribution < 1.29 is 0 Å². The topological polar surface area (TPSA) is 30.2 Å². The molecule has 0 saturated carbocycles. The van der Waals surface area contributed by atoms with Crippen LogP contribution in [0, 0.1) is 12.8 Å². The molecule has 0 radical (unpaired) electrons. The van der Waals surface area contributed by atoms with Crippen LogP contribution >= 0.6 is 0 Å². The van der Waals surface area contributed by atoms with Crippen LogP contribution in [0.2, 0.25) is 0 Å². The normalized spacial score (nSPS) is 18.1. The lowest BCUT2D eigenvalue weighted by molar-refractivity contribution is 0.931. The smallest absolute Gasteiger partial charge is 0.157 e. The number of nitrogens with zero attached hydrogens (tertiary/aromatic N) is 3. The molecule has 1 aromatic rings. The lowest BCUT2D eigenvalue weighted by atomic mass is 10.2. The zero-order chi connectivity index (χ0) is 10.6. The molecule has 0 N–H and O–H groups in total. The molecule has 3 heteroatoms. The summed E-state index contributed by atoms with van der Waals surface area (Å²) < 4.78 is 1.80. The van der Waals surface area contributed by atoms with Crippen LogP contribution in [0.25, 0.3) is 6.20 Å². The van der Waals surface area contributed by atoms with Gasteiger partial charge in [-0.2, -0.15) is 5.10 Å². The zero-order valence-corrected chi connectivity index (χ0v) is 9.23. The number of rotatable bonds is 0. The van der Waals surface area contributed by atoms with Gasteiger partial charge in [0.05, 0.1) is 6.20 Å². The predicted octanol–water partition coefficient (Wildman–Crippen LogP) is 3.04. The van der Waals surface area contributed by atoms with Crippen LogP contribution < -0.4 is 0 Å². The number of aliphatic imine (C=N–C) groups is 1. The maximum atomic E-state index is 4.34. The van der Waals surface area contributed by atoms with Gasteiger partial charge >= 0.3 is 0 Å². The lowest BCUT2D eigenvalue weighted by Gasteiger charge is -1.93. The quantitative estimate of drug-likeness (QED) is 0.620. The van der Waals surface area contributed by atoms with Crippen LogP contribution in [0.3, 0.4) is 0 Å². The number of allylic oxidation sites excluding steroid dienone is 1. The van der Waals surface area contributed by atoms with Gasteiger partial charge in [-0.1, -0.05) is 26.8 Å². The molecule has 0 aromatic carbocycles. The first-order chi connectivity index (χ1) is 6.77. The van der Waals surface area contributed by atoms with E-state index in [9.17, 15) is 0 Å². The molecule has 1 atom stereocenters. The average molecular weight is 191 g/mol. The SMILES string of the molecule is CC.Cc1cnn2c1N=CC(C)C=C2. The minimum absolute atomic E-state index is 0.395. The van der Waals surface area contributed by atoms with Crippen molar-refractivity contribution in [2.24, 2.45) is 10.9 Å². The molecule has 0 bridgehead atoms. The summed E-state index contributed by atoms with van der Waals surface area (Å²) >= 11 is 0.